The molecule has 2 aromatic heterocycles. The molecule has 1 atom stereocenters. The summed E-state index contributed by atoms with van der Waals surface area (Å²) >= 11 is 0. The van der Waals surface area contributed by atoms with Crippen molar-refractivity contribution in [2.45, 2.75) is 45.3 Å². The molecule has 7 heteroatoms. The molecule has 0 bridgehead atoms. The normalized spacial score (nSPS) is 21.7. The molecule has 0 spiro atoms. The van der Waals surface area contributed by atoms with E-state index in [0.29, 0.717) is 12.2 Å². The Kier molecular flexibility index (Phi) is 4.10. The maximum absolute atomic E-state index is 13.1. The Morgan fingerprint density at radius 1 is 1.33 bits per heavy atom. The topological polar surface area (TPSA) is 70.1 Å². The lowest BCUT2D eigenvalue weighted by Gasteiger charge is -2.32. The summed E-state index contributed by atoms with van der Waals surface area (Å²) in [7, 11) is 0. The van der Waals surface area contributed by atoms with Crippen molar-refractivity contribution in [3.05, 3.63) is 35.7 Å². The van der Waals surface area contributed by atoms with Crippen molar-refractivity contribution in [3.63, 3.8) is 0 Å². The Hall–Kier alpha value is -2.15. The standard InChI is InChI=1S/C17H24N6O/c1-13-18-10-16(20-13)17(24)22-12-15-4-6-19-23(15)9-5-14(22)11-21-7-2-3-8-21/h4,6,10,14H,2-3,5,7-9,11-12H2,1H3,(H,18,20)/t14-/m0/s1. The van der Waals surface area contributed by atoms with E-state index in [1.807, 2.05) is 28.8 Å². The number of aryl methyl sites for hydroxylation is 2. The molecule has 2 aliphatic heterocycles. The molecule has 4 heterocycles. The van der Waals surface area contributed by atoms with Crippen LogP contribution in [-0.4, -0.2) is 61.1 Å². The van der Waals surface area contributed by atoms with Crippen LogP contribution in [0.15, 0.2) is 18.5 Å². The summed E-state index contributed by atoms with van der Waals surface area (Å²) in [5.74, 6) is 0.809. The second kappa shape index (κ2) is 6.39. The highest BCUT2D eigenvalue weighted by atomic mass is 16.2. The van der Waals surface area contributed by atoms with E-state index < -0.39 is 0 Å². The van der Waals surface area contributed by atoms with Crippen molar-refractivity contribution < 1.29 is 4.79 Å². The highest BCUT2D eigenvalue weighted by molar-refractivity contribution is 5.92. The van der Waals surface area contributed by atoms with E-state index in [4.69, 9.17) is 0 Å². The number of likely N-dealkylation sites (tertiary alicyclic amines) is 1. The molecule has 2 aliphatic rings. The number of aromatic nitrogens is 4. The minimum absolute atomic E-state index is 0.0365. The predicted octanol–water partition coefficient (Wildman–Crippen LogP) is 1.43. The summed E-state index contributed by atoms with van der Waals surface area (Å²) in [5.41, 5.74) is 1.68. The highest BCUT2D eigenvalue weighted by Crippen LogP contribution is 2.21. The molecular formula is C17H24N6O. The molecule has 4 rings (SSSR count). The van der Waals surface area contributed by atoms with Gasteiger partial charge in [0.1, 0.15) is 11.5 Å². The van der Waals surface area contributed by atoms with Crippen LogP contribution in [0.1, 0.15) is 41.3 Å². The lowest BCUT2D eigenvalue weighted by Crippen LogP contribution is -2.45. The molecule has 1 N–H and O–H groups in total. The summed E-state index contributed by atoms with van der Waals surface area (Å²) < 4.78 is 2.03. The fraction of sp³-hybridized carbons (Fsp3) is 0.588. The van der Waals surface area contributed by atoms with Crippen molar-refractivity contribution in [3.8, 4) is 0 Å². The van der Waals surface area contributed by atoms with E-state index in [-0.39, 0.29) is 11.9 Å². The first-order chi connectivity index (χ1) is 11.7. The number of carbonyl (C=O) groups is 1. The monoisotopic (exact) mass is 328 g/mol. The maximum Gasteiger partial charge on any atom is 0.272 e. The van der Waals surface area contributed by atoms with E-state index in [1.54, 1.807) is 6.20 Å². The van der Waals surface area contributed by atoms with Gasteiger partial charge in [-0.15, -0.1) is 0 Å². The first-order valence-corrected chi connectivity index (χ1v) is 8.76. The third-order valence-electron chi connectivity index (χ3n) is 5.11. The van der Waals surface area contributed by atoms with Crippen LogP contribution in [0, 0.1) is 6.92 Å². The van der Waals surface area contributed by atoms with E-state index in [0.717, 1.165) is 44.1 Å². The number of nitrogens with one attached hydrogen (secondary N) is 1. The number of nitrogens with zero attached hydrogens (tertiary/aromatic N) is 5. The van der Waals surface area contributed by atoms with Crippen LogP contribution in [0.4, 0.5) is 0 Å². The van der Waals surface area contributed by atoms with Gasteiger partial charge < -0.3 is 14.8 Å². The van der Waals surface area contributed by atoms with Gasteiger partial charge in [-0.1, -0.05) is 0 Å². The summed E-state index contributed by atoms with van der Waals surface area (Å²) in [6, 6.07) is 2.22. The Balaban J connectivity index is 1.60. The lowest BCUT2D eigenvalue weighted by atomic mass is 10.1. The van der Waals surface area contributed by atoms with Crippen molar-refractivity contribution in [1.29, 1.82) is 0 Å². The Morgan fingerprint density at radius 3 is 2.92 bits per heavy atom. The maximum atomic E-state index is 13.1. The molecule has 24 heavy (non-hydrogen) atoms. The zero-order valence-electron chi connectivity index (χ0n) is 14.1. The van der Waals surface area contributed by atoms with Crippen LogP contribution in [0.2, 0.25) is 0 Å². The van der Waals surface area contributed by atoms with Gasteiger partial charge in [-0.2, -0.15) is 5.10 Å². The molecule has 7 nitrogen and oxygen atoms in total. The van der Waals surface area contributed by atoms with Gasteiger partial charge in [0.05, 0.1) is 18.4 Å². The Morgan fingerprint density at radius 2 is 2.17 bits per heavy atom. The minimum Gasteiger partial charge on any atom is -0.338 e. The van der Waals surface area contributed by atoms with Crippen molar-refractivity contribution in [1.82, 2.24) is 29.5 Å². The number of fused-ring (bicyclic) bond motifs is 1. The van der Waals surface area contributed by atoms with Crippen LogP contribution < -0.4 is 0 Å². The van der Waals surface area contributed by atoms with E-state index in [9.17, 15) is 4.79 Å². The molecule has 0 unspecified atom stereocenters. The number of aromatic amines is 1. The van der Waals surface area contributed by atoms with Gasteiger partial charge in [0, 0.05) is 25.3 Å². The fourth-order valence-corrected chi connectivity index (χ4v) is 3.80. The van der Waals surface area contributed by atoms with Gasteiger partial charge in [-0.25, -0.2) is 4.98 Å². The average Bonchev–Trinajstić information content (AvgIpc) is 3.30. The van der Waals surface area contributed by atoms with E-state index in [1.165, 1.54) is 12.8 Å². The SMILES string of the molecule is Cc1ncc(C(=O)N2Cc3ccnn3CC[C@H]2CN2CCCC2)[nH]1. The summed E-state index contributed by atoms with van der Waals surface area (Å²) in [5, 5.41) is 4.40. The number of hydrogen-bond acceptors (Lipinski definition) is 4. The van der Waals surface area contributed by atoms with Crippen LogP contribution in [0.3, 0.4) is 0 Å². The number of imidazole rings is 1. The van der Waals surface area contributed by atoms with Gasteiger partial charge >= 0.3 is 0 Å². The first kappa shape index (κ1) is 15.4. The van der Waals surface area contributed by atoms with Gasteiger partial charge in [0.15, 0.2) is 0 Å². The predicted molar refractivity (Wildman–Crippen MR) is 89.5 cm³/mol. The Labute approximate surface area is 141 Å². The summed E-state index contributed by atoms with van der Waals surface area (Å²) in [4.78, 5) is 24.9. The zero-order chi connectivity index (χ0) is 16.5. The molecule has 2 aromatic rings. The first-order valence-electron chi connectivity index (χ1n) is 8.76. The Bertz CT molecular complexity index is 714. The van der Waals surface area contributed by atoms with Crippen molar-refractivity contribution in [2.24, 2.45) is 0 Å². The van der Waals surface area contributed by atoms with Crippen LogP contribution >= 0.6 is 0 Å². The van der Waals surface area contributed by atoms with E-state index >= 15 is 0 Å². The van der Waals surface area contributed by atoms with Gasteiger partial charge in [0.2, 0.25) is 0 Å². The molecule has 1 saturated heterocycles. The average molecular weight is 328 g/mol. The quantitative estimate of drug-likeness (QED) is 0.925. The second-order valence-electron chi connectivity index (χ2n) is 6.81. The second-order valence-corrected chi connectivity index (χ2v) is 6.81. The van der Waals surface area contributed by atoms with Gasteiger partial charge in [0.25, 0.3) is 5.91 Å². The summed E-state index contributed by atoms with van der Waals surface area (Å²) in [6.45, 7) is 6.58. The number of rotatable bonds is 3. The highest BCUT2D eigenvalue weighted by Gasteiger charge is 2.31. The molecule has 128 valence electrons. The third kappa shape index (κ3) is 2.96. The van der Waals surface area contributed by atoms with Crippen LogP contribution in [0.25, 0.3) is 0 Å². The number of carbonyl (C=O) groups excluding carboxylic acids is 1. The van der Waals surface area contributed by atoms with E-state index in [2.05, 4.69) is 20.0 Å². The van der Waals surface area contributed by atoms with Crippen LogP contribution in [-0.2, 0) is 13.1 Å². The van der Waals surface area contributed by atoms with Crippen molar-refractivity contribution in [2.75, 3.05) is 19.6 Å². The molecular weight excluding hydrogens is 304 g/mol. The number of H-pyrrole nitrogens is 1. The molecule has 1 amide bonds. The molecule has 1 fully saturated rings. The molecule has 0 aromatic carbocycles. The lowest BCUT2D eigenvalue weighted by molar-refractivity contribution is 0.0609. The fourth-order valence-electron chi connectivity index (χ4n) is 3.80. The smallest absolute Gasteiger partial charge is 0.272 e. The van der Waals surface area contributed by atoms with Gasteiger partial charge in [-0.3, -0.25) is 9.48 Å². The molecule has 0 aliphatic carbocycles. The largest absolute Gasteiger partial charge is 0.338 e. The summed E-state index contributed by atoms with van der Waals surface area (Å²) in [6.07, 6.45) is 6.93. The minimum atomic E-state index is 0.0365. The third-order valence-corrected chi connectivity index (χ3v) is 5.11. The molecule has 0 saturated carbocycles. The van der Waals surface area contributed by atoms with Crippen LogP contribution in [0.5, 0.6) is 0 Å². The zero-order valence-corrected chi connectivity index (χ0v) is 14.1. The number of amides is 1. The van der Waals surface area contributed by atoms with Crippen molar-refractivity contribution >= 4 is 5.91 Å². The number of hydrogen-bond donors (Lipinski definition) is 1. The molecule has 0 radical (unpaired) electrons. The van der Waals surface area contributed by atoms with Gasteiger partial charge in [-0.05, 0) is 45.3 Å².